The third-order valence-corrected chi connectivity index (χ3v) is 40.0. The molecule has 0 amide bonds. The van der Waals surface area contributed by atoms with Crippen LogP contribution in [0.25, 0.3) is 0 Å². The number of hydrogen-bond donors (Lipinski definition) is 0. The van der Waals surface area contributed by atoms with Gasteiger partial charge < -0.3 is 4.43 Å². The fourth-order valence-corrected chi connectivity index (χ4v) is 43.7. The Kier molecular flexibility index (Phi) is 7.07. The Morgan fingerprint density at radius 3 is 1.24 bits per heavy atom. The van der Waals surface area contributed by atoms with E-state index in [9.17, 15) is 0 Å². The van der Waals surface area contributed by atoms with Crippen molar-refractivity contribution in [3.63, 3.8) is 0 Å². The van der Waals surface area contributed by atoms with Gasteiger partial charge in [0.25, 0.3) is 0 Å². The summed E-state index contributed by atoms with van der Waals surface area (Å²) in [7, 11) is -8.36. The van der Waals surface area contributed by atoms with E-state index in [4.69, 9.17) is 4.43 Å². The van der Waals surface area contributed by atoms with E-state index in [0.717, 1.165) is 17.2 Å². The standard InChI is InChI=1S/C34H34OSi3/c1-5-36(6-2)29-34(30-21-13-9-14-22-30,31-23-15-10-16-24-31)35-37(7-3,8-4)38(36,32-25-17-11-18-26-32)33-27-19-12-20-28-33/h5-28H,1-4,29H2. The summed E-state index contributed by atoms with van der Waals surface area (Å²) in [6.45, 7) is 18.2. The molecule has 1 aliphatic heterocycles. The average Bonchev–Trinajstić information content (AvgIpc) is 3.01. The molecule has 0 bridgehead atoms. The van der Waals surface area contributed by atoms with Crippen LogP contribution in [0, 0.1) is 0 Å². The van der Waals surface area contributed by atoms with E-state index in [1.165, 1.54) is 10.4 Å². The SMILES string of the molecule is C=C[Si]1(C=C)CC(c2ccccc2)(c2ccccc2)O[Si](C=C)(C=C)[Si]1(c1ccccc1)c1ccccc1. The first-order valence-corrected chi connectivity index (χ1v) is 21.5. The predicted molar refractivity (Wildman–Crippen MR) is 170 cm³/mol. The van der Waals surface area contributed by atoms with Gasteiger partial charge in [0.05, 0.1) is 0 Å². The molecule has 1 fully saturated rings. The van der Waals surface area contributed by atoms with Crippen LogP contribution in [0.2, 0.25) is 6.04 Å². The monoisotopic (exact) mass is 542 g/mol. The summed E-state index contributed by atoms with van der Waals surface area (Å²) in [4.78, 5) is 0. The molecule has 188 valence electrons. The predicted octanol–water partition coefficient (Wildman–Crippen LogP) is 6.68. The second-order valence-corrected chi connectivity index (χ2v) is 29.6. The van der Waals surface area contributed by atoms with Crippen LogP contribution in [-0.4, -0.2) is 22.5 Å². The summed E-state index contributed by atoms with van der Waals surface area (Å²) in [6.07, 6.45) is 0. The smallest absolute Gasteiger partial charge is 0.235 e. The minimum Gasteiger partial charge on any atom is -0.398 e. The highest BCUT2D eigenvalue weighted by Crippen LogP contribution is 2.53. The molecule has 0 saturated carbocycles. The second-order valence-electron chi connectivity index (χ2n) is 9.97. The van der Waals surface area contributed by atoms with Crippen molar-refractivity contribution in [2.24, 2.45) is 0 Å². The van der Waals surface area contributed by atoms with E-state index in [-0.39, 0.29) is 0 Å². The Balaban J connectivity index is 1.97. The Morgan fingerprint density at radius 2 is 0.895 bits per heavy atom. The lowest BCUT2D eigenvalue weighted by molar-refractivity contribution is 0.128. The van der Waals surface area contributed by atoms with Crippen molar-refractivity contribution in [3.05, 3.63) is 182 Å². The molecule has 0 aromatic heterocycles. The zero-order valence-corrected chi connectivity index (χ0v) is 24.8. The largest absolute Gasteiger partial charge is 0.398 e. The first-order chi connectivity index (χ1) is 18.6. The minimum atomic E-state index is -2.98. The van der Waals surface area contributed by atoms with Gasteiger partial charge in [0.15, 0.2) is 7.11 Å². The molecule has 0 unspecified atom stereocenters. The van der Waals surface area contributed by atoms with Crippen LogP contribution in [0.3, 0.4) is 0 Å². The molecule has 0 aliphatic carbocycles. The van der Waals surface area contributed by atoms with Crippen molar-refractivity contribution in [2.45, 2.75) is 11.6 Å². The Bertz CT molecular complexity index is 1300. The van der Waals surface area contributed by atoms with Crippen LogP contribution in [0.4, 0.5) is 0 Å². The summed E-state index contributed by atoms with van der Waals surface area (Å²) in [5.74, 6) is 0. The van der Waals surface area contributed by atoms with Crippen LogP contribution < -0.4 is 10.4 Å². The van der Waals surface area contributed by atoms with E-state index in [1.54, 1.807) is 0 Å². The van der Waals surface area contributed by atoms with Crippen LogP contribution in [0.15, 0.2) is 170 Å². The topological polar surface area (TPSA) is 9.23 Å². The van der Waals surface area contributed by atoms with Crippen molar-refractivity contribution in [2.75, 3.05) is 0 Å². The van der Waals surface area contributed by atoms with Gasteiger partial charge in [-0.2, -0.15) is 0 Å². The third-order valence-electron chi connectivity index (χ3n) is 8.40. The normalized spacial score (nSPS) is 18.5. The second kappa shape index (κ2) is 10.3. The van der Waals surface area contributed by atoms with Crippen molar-refractivity contribution >= 4 is 32.9 Å². The van der Waals surface area contributed by atoms with E-state index in [1.807, 2.05) is 0 Å². The molecule has 1 saturated heterocycles. The van der Waals surface area contributed by atoms with E-state index < -0.39 is 28.1 Å². The van der Waals surface area contributed by atoms with E-state index in [0.29, 0.717) is 0 Å². The Labute approximate surface area is 229 Å². The third kappa shape index (κ3) is 3.60. The lowest BCUT2D eigenvalue weighted by atomic mass is 9.88. The number of benzene rings is 4. The molecular weight excluding hydrogens is 509 g/mol. The molecule has 4 aromatic rings. The maximum atomic E-state index is 7.82. The fourth-order valence-electron chi connectivity index (χ4n) is 6.75. The summed E-state index contributed by atoms with van der Waals surface area (Å²) < 4.78 is 7.82. The van der Waals surface area contributed by atoms with Gasteiger partial charge in [0.2, 0.25) is 7.83 Å². The van der Waals surface area contributed by atoms with Crippen LogP contribution in [-0.2, 0) is 10.0 Å². The van der Waals surface area contributed by atoms with Gasteiger partial charge in [-0.3, -0.25) is 0 Å². The maximum Gasteiger partial charge on any atom is 0.235 e. The molecular formula is C34H34OSi3. The Morgan fingerprint density at radius 1 is 0.526 bits per heavy atom. The summed E-state index contributed by atoms with van der Waals surface area (Å²) >= 11 is 0. The molecule has 1 heterocycles. The maximum absolute atomic E-state index is 7.82. The molecule has 0 radical (unpaired) electrons. The molecule has 0 spiro atoms. The van der Waals surface area contributed by atoms with E-state index >= 15 is 0 Å². The zero-order valence-electron chi connectivity index (χ0n) is 21.8. The van der Waals surface area contributed by atoms with Gasteiger partial charge in [-0.15, -0.1) is 26.3 Å². The number of rotatable bonds is 8. The van der Waals surface area contributed by atoms with Gasteiger partial charge in [0, 0.05) is 0 Å². The molecule has 1 nitrogen and oxygen atoms in total. The average molecular weight is 543 g/mol. The van der Waals surface area contributed by atoms with E-state index in [2.05, 4.69) is 170 Å². The van der Waals surface area contributed by atoms with Gasteiger partial charge in [-0.05, 0) is 17.2 Å². The molecule has 5 rings (SSSR count). The van der Waals surface area contributed by atoms with Gasteiger partial charge in [-0.1, -0.05) is 154 Å². The highest BCUT2D eigenvalue weighted by atomic mass is 29.6. The van der Waals surface area contributed by atoms with Crippen molar-refractivity contribution in [1.29, 1.82) is 0 Å². The molecule has 0 N–H and O–H groups in total. The van der Waals surface area contributed by atoms with Gasteiger partial charge in [-0.25, -0.2) is 0 Å². The summed E-state index contributed by atoms with van der Waals surface area (Å²) in [6, 6.07) is 44.1. The van der Waals surface area contributed by atoms with Gasteiger partial charge in [0.1, 0.15) is 13.2 Å². The lowest BCUT2D eigenvalue weighted by Crippen LogP contribution is -2.91. The molecule has 38 heavy (non-hydrogen) atoms. The molecule has 4 heteroatoms. The van der Waals surface area contributed by atoms with Crippen molar-refractivity contribution in [3.8, 4) is 0 Å². The minimum absolute atomic E-state index is 0.675. The zero-order chi connectivity index (χ0) is 26.7. The summed E-state index contributed by atoms with van der Waals surface area (Å²) in [5.41, 5.74) is 10.5. The van der Waals surface area contributed by atoms with Crippen LogP contribution in [0.1, 0.15) is 11.1 Å². The van der Waals surface area contributed by atoms with Crippen molar-refractivity contribution < 1.29 is 4.43 Å². The molecule has 1 aliphatic rings. The van der Waals surface area contributed by atoms with Crippen LogP contribution >= 0.6 is 0 Å². The van der Waals surface area contributed by atoms with Crippen LogP contribution in [0.5, 0.6) is 0 Å². The highest BCUT2D eigenvalue weighted by molar-refractivity contribution is 7.80. The first-order valence-electron chi connectivity index (χ1n) is 13.0. The quantitative estimate of drug-likeness (QED) is 0.226. The molecule has 0 atom stereocenters. The van der Waals surface area contributed by atoms with Gasteiger partial charge >= 0.3 is 0 Å². The highest BCUT2D eigenvalue weighted by Gasteiger charge is 2.73. The summed E-state index contributed by atoms with van der Waals surface area (Å²) in [5, 5.41) is 2.69. The number of hydrogen-bond acceptors (Lipinski definition) is 1. The Hall–Kier alpha value is -3.55. The first kappa shape index (κ1) is 26.1. The van der Waals surface area contributed by atoms with Crippen molar-refractivity contribution in [1.82, 2.24) is 0 Å². The molecule has 4 aromatic carbocycles. The fraction of sp³-hybridized carbons (Fsp3) is 0.0588. The lowest BCUT2D eigenvalue weighted by Gasteiger charge is -2.62.